The molecule has 1 unspecified atom stereocenters. The van der Waals surface area contributed by atoms with Crippen LogP contribution in [0.4, 0.5) is 14.5 Å². The van der Waals surface area contributed by atoms with Crippen LogP contribution in [0.1, 0.15) is 16.8 Å². The van der Waals surface area contributed by atoms with Gasteiger partial charge in [0.05, 0.1) is 6.04 Å². The van der Waals surface area contributed by atoms with Gasteiger partial charge in [-0.3, -0.25) is 9.59 Å². The van der Waals surface area contributed by atoms with Crippen molar-refractivity contribution in [3.63, 3.8) is 0 Å². The van der Waals surface area contributed by atoms with Crippen LogP contribution in [0.5, 0.6) is 0 Å². The van der Waals surface area contributed by atoms with Crippen molar-refractivity contribution in [2.75, 3.05) is 18.9 Å². The van der Waals surface area contributed by atoms with E-state index in [9.17, 15) is 18.4 Å². The number of amides is 2. The molecule has 0 radical (unpaired) electrons. The highest BCUT2D eigenvalue weighted by atomic mass is 19.1. The Bertz CT molecular complexity index is 511. The Morgan fingerprint density at radius 3 is 2.47 bits per heavy atom. The molecule has 0 spiro atoms. The minimum absolute atomic E-state index is 0.117. The Kier molecular flexibility index (Phi) is 3.64. The molecule has 1 saturated heterocycles. The van der Waals surface area contributed by atoms with Crippen LogP contribution in [0.2, 0.25) is 0 Å². The fraction of sp³-hybridized carbons (Fsp3) is 0.333. The topological polar surface area (TPSA) is 70.2 Å². The Morgan fingerprint density at radius 1 is 1.37 bits per heavy atom. The number of carbonyl (C=O) groups is 2. The summed E-state index contributed by atoms with van der Waals surface area (Å²) in [5, 5.41) is 7.47. The highest BCUT2D eigenvalue weighted by molar-refractivity contribution is 5.95. The molecule has 1 fully saturated rings. The number of halogens is 2. The molecule has 1 aliphatic rings. The average molecular weight is 269 g/mol. The van der Waals surface area contributed by atoms with Gasteiger partial charge in [0.1, 0.15) is 17.3 Å². The second kappa shape index (κ2) is 5.21. The van der Waals surface area contributed by atoms with Crippen molar-refractivity contribution in [2.45, 2.75) is 12.5 Å². The van der Waals surface area contributed by atoms with Crippen LogP contribution in [0.15, 0.2) is 12.1 Å². The van der Waals surface area contributed by atoms with Gasteiger partial charge in [0.25, 0.3) is 5.91 Å². The molecule has 0 aromatic heterocycles. The predicted octanol–water partition coefficient (Wildman–Crippen LogP) is 0.625. The largest absolute Gasteiger partial charge is 0.383 e. The molecule has 7 heteroatoms. The van der Waals surface area contributed by atoms with Crippen LogP contribution in [-0.2, 0) is 4.79 Å². The molecule has 5 nitrogen and oxygen atoms in total. The van der Waals surface area contributed by atoms with Crippen molar-refractivity contribution in [3.05, 3.63) is 29.3 Å². The molecule has 1 aromatic carbocycles. The maximum absolute atomic E-state index is 13.5. The Hall–Kier alpha value is -2.18. The van der Waals surface area contributed by atoms with Crippen molar-refractivity contribution in [1.29, 1.82) is 0 Å². The van der Waals surface area contributed by atoms with Crippen molar-refractivity contribution in [3.8, 4) is 0 Å². The molecule has 3 N–H and O–H groups in total. The van der Waals surface area contributed by atoms with Crippen LogP contribution < -0.4 is 16.0 Å². The summed E-state index contributed by atoms with van der Waals surface area (Å²) >= 11 is 0. The van der Waals surface area contributed by atoms with E-state index in [1.54, 1.807) is 0 Å². The molecule has 102 valence electrons. The zero-order valence-corrected chi connectivity index (χ0v) is 10.2. The van der Waals surface area contributed by atoms with Crippen molar-refractivity contribution in [1.82, 2.24) is 10.6 Å². The number of hydrogen-bond donors (Lipinski definition) is 3. The molecule has 1 aliphatic heterocycles. The summed E-state index contributed by atoms with van der Waals surface area (Å²) in [6.45, 7) is 0.324. The first-order chi connectivity index (χ1) is 9.01. The summed E-state index contributed by atoms with van der Waals surface area (Å²) in [5.41, 5.74) is -0.400. The first kappa shape index (κ1) is 13.3. The number of carbonyl (C=O) groups excluding carboxylic acids is 2. The van der Waals surface area contributed by atoms with E-state index in [1.165, 1.54) is 7.05 Å². The van der Waals surface area contributed by atoms with Gasteiger partial charge in [-0.1, -0.05) is 0 Å². The van der Waals surface area contributed by atoms with Crippen LogP contribution in [0, 0.1) is 11.6 Å². The second-order valence-corrected chi connectivity index (χ2v) is 4.24. The minimum Gasteiger partial charge on any atom is -0.383 e. The highest BCUT2D eigenvalue weighted by Gasteiger charge is 2.24. The maximum atomic E-state index is 13.5. The fourth-order valence-electron chi connectivity index (χ4n) is 1.92. The molecule has 0 bridgehead atoms. The number of anilines is 1. The molecule has 1 atom stereocenters. The van der Waals surface area contributed by atoms with Crippen molar-refractivity contribution >= 4 is 17.5 Å². The third kappa shape index (κ3) is 2.81. The standard InChI is InChI=1S/C12H13F2N3O2/c1-15-11-8(13)2-6(3-9(11)14)12(19)17-7-4-10(18)16-5-7/h2-3,7,15H,4-5H2,1H3,(H,16,18)(H,17,19). The van der Waals surface area contributed by atoms with Gasteiger partial charge in [0.2, 0.25) is 5.91 Å². The number of benzene rings is 1. The van der Waals surface area contributed by atoms with Gasteiger partial charge in [-0.2, -0.15) is 0 Å². The lowest BCUT2D eigenvalue weighted by atomic mass is 10.1. The van der Waals surface area contributed by atoms with E-state index >= 15 is 0 Å². The van der Waals surface area contributed by atoms with Crippen LogP contribution in [-0.4, -0.2) is 31.4 Å². The summed E-state index contributed by atoms with van der Waals surface area (Å²) < 4.78 is 27.0. The Balaban J connectivity index is 2.13. The molecule has 0 aliphatic carbocycles. The summed E-state index contributed by atoms with van der Waals surface area (Å²) in [6.07, 6.45) is 0.172. The van der Waals surface area contributed by atoms with E-state index in [1.807, 2.05) is 0 Å². The molecular weight excluding hydrogens is 256 g/mol. The maximum Gasteiger partial charge on any atom is 0.251 e. The first-order valence-corrected chi connectivity index (χ1v) is 5.75. The minimum atomic E-state index is -0.840. The second-order valence-electron chi connectivity index (χ2n) is 4.24. The molecule has 0 saturated carbocycles. The third-order valence-electron chi connectivity index (χ3n) is 2.87. The lowest BCUT2D eigenvalue weighted by Gasteiger charge is -2.11. The summed E-state index contributed by atoms with van der Waals surface area (Å²) in [5.74, 6) is -2.45. The van der Waals surface area contributed by atoms with Crippen LogP contribution >= 0.6 is 0 Å². The lowest BCUT2D eigenvalue weighted by Crippen LogP contribution is -2.36. The van der Waals surface area contributed by atoms with Gasteiger partial charge >= 0.3 is 0 Å². The molecule has 19 heavy (non-hydrogen) atoms. The van der Waals surface area contributed by atoms with Gasteiger partial charge in [-0.15, -0.1) is 0 Å². The zero-order chi connectivity index (χ0) is 14.0. The molecule has 2 amide bonds. The zero-order valence-electron chi connectivity index (χ0n) is 10.2. The van der Waals surface area contributed by atoms with E-state index in [2.05, 4.69) is 16.0 Å². The number of rotatable bonds is 3. The van der Waals surface area contributed by atoms with E-state index in [-0.39, 0.29) is 29.6 Å². The summed E-state index contributed by atoms with van der Waals surface area (Å²) in [7, 11) is 1.39. The number of nitrogens with one attached hydrogen (secondary N) is 3. The SMILES string of the molecule is CNc1c(F)cc(C(=O)NC2CNC(=O)C2)cc1F. The van der Waals surface area contributed by atoms with Gasteiger partial charge in [-0.25, -0.2) is 8.78 Å². The normalized spacial score (nSPS) is 18.1. The van der Waals surface area contributed by atoms with Gasteiger partial charge in [-0.05, 0) is 12.1 Å². The summed E-state index contributed by atoms with van der Waals surface area (Å²) in [6, 6.07) is 1.55. The Morgan fingerprint density at radius 2 is 2.00 bits per heavy atom. The lowest BCUT2D eigenvalue weighted by molar-refractivity contribution is -0.119. The van der Waals surface area contributed by atoms with E-state index in [0.717, 1.165) is 12.1 Å². The smallest absolute Gasteiger partial charge is 0.251 e. The average Bonchev–Trinajstić information content (AvgIpc) is 2.74. The highest BCUT2D eigenvalue weighted by Crippen LogP contribution is 2.20. The van der Waals surface area contributed by atoms with Gasteiger partial charge in [0, 0.05) is 25.6 Å². The van der Waals surface area contributed by atoms with E-state index in [4.69, 9.17) is 0 Å². The van der Waals surface area contributed by atoms with E-state index < -0.39 is 17.5 Å². The van der Waals surface area contributed by atoms with Gasteiger partial charge < -0.3 is 16.0 Å². The molecule has 1 aromatic rings. The summed E-state index contributed by atoms with van der Waals surface area (Å²) in [4.78, 5) is 22.8. The monoisotopic (exact) mass is 269 g/mol. The molecule has 1 heterocycles. The predicted molar refractivity (Wildman–Crippen MR) is 64.8 cm³/mol. The third-order valence-corrected chi connectivity index (χ3v) is 2.87. The molecular formula is C12H13F2N3O2. The Labute approximate surface area is 108 Å². The van der Waals surface area contributed by atoms with Gasteiger partial charge in [0.15, 0.2) is 0 Å². The number of hydrogen-bond acceptors (Lipinski definition) is 3. The fourth-order valence-corrected chi connectivity index (χ4v) is 1.92. The van der Waals surface area contributed by atoms with Crippen LogP contribution in [0.3, 0.4) is 0 Å². The van der Waals surface area contributed by atoms with Crippen molar-refractivity contribution < 1.29 is 18.4 Å². The first-order valence-electron chi connectivity index (χ1n) is 5.75. The van der Waals surface area contributed by atoms with Crippen LogP contribution in [0.25, 0.3) is 0 Å². The quantitative estimate of drug-likeness (QED) is 0.753. The van der Waals surface area contributed by atoms with E-state index in [0.29, 0.717) is 6.54 Å². The molecule has 2 rings (SSSR count). The van der Waals surface area contributed by atoms with Crippen molar-refractivity contribution in [2.24, 2.45) is 0 Å².